The number of carbonyl (C=O) groups is 3. The first-order chi connectivity index (χ1) is 15.3. The number of hydrogen-bond acceptors (Lipinski definition) is 5. The standard InChI is InChI=1S/C25H36N2O5/c1-4-10-20(24(29)27-31)21(15-17(2)3)23(28)26-22(16-18-11-6-5-7-12-18)25(30)32-19-13-8-9-14-19/h4-7,11-12,17,19-22,31H,1,8-10,13-16H2,2-3H3,(H,26,28)(H,27,29)/t20-,21-,22+/m1/s1. The third-order valence-electron chi connectivity index (χ3n) is 5.88. The minimum Gasteiger partial charge on any atom is -0.461 e. The van der Waals surface area contributed by atoms with E-state index in [0.717, 1.165) is 31.2 Å². The van der Waals surface area contributed by atoms with Gasteiger partial charge in [0.1, 0.15) is 12.1 Å². The summed E-state index contributed by atoms with van der Waals surface area (Å²) in [5.74, 6) is -2.88. The lowest BCUT2D eigenvalue weighted by Gasteiger charge is -2.28. The van der Waals surface area contributed by atoms with Gasteiger partial charge in [0.25, 0.3) is 0 Å². The van der Waals surface area contributed by atoms with Gasteiger partial charge < -0.3 is 10.1 Å². The summed E-state index contributed by atoms with van der Waals surface area (Å²) >= 11 is 0. The Bertz CT molecular complexity index is 759. The van der Waals surface area contributed by atoms with Crippen LogP contribution in [0.4, 0.5) is 0 Å². The lowest BCUT2D eigenvalue weighted by Crippen LogP contribution is -2.49. The van der Waals surface area contributed by atoms with Crippen LogP contribution in [0.1, 0.15) is 57.9 Å². The van der Waals surface area contributed by atoms with Crippen molar-refractivity contribution in [3.8, 4) is 0 Å². The number of amides is 2. The topological polar surface area (TPSA) is 105 Å². The SMILES string of the molecule is C=CC[C@@H](C(=O)NO)[C@@H](CC(C)C)C(=O)N[C@@H](Cc1ccccc1)C(=O)OC1CCCC1. The predicted octanol–water partition coefficient (Wildman–Crippen LogP) is 3.56. The van der Waals surface area contributed by atoms with E-state index in [2.05, 4.69) is 11.9 Å². The summed E-state index contributed by atoms with van der Waals surface area (Å²) in [6.07, 6.45) is 6.13. The molecule has 176 valence electrons. The molecule has 7 nitrogen and oxygen atoms in total. The van der Waals surface area contributed by atoms with E-state index in [1.165, 1.54) is 0 Å². The van der Waals surface area contributed by atoms with E-state index in [1.54, 1.807) is 11.6 Å². The molecule has 0 radical (unpaired) electrons. The van der Waals surface area contributed by atoms with Crippen molar-refractivity contribution >= 4 is 17.8 Å². The monoisotopic (exact) mass is 444 g/mol. The molecule has 0 unspecified atom stereocenters. The third-order valence-corrected chi connectivity index (χ3v) is 5.88. The van der Waals surface area contributed by atoms with Gasteiger partial charge in [0.05, 0.1) is 11.8 Å². The van der Waals surface area contributed by atoms with Crippen LogP contribution in [-0.2, 0) is 25.5 Å². The fraction of sp³-hybridized carbons (Fsp3) is 0.560. The fourth-order valence-electron chi connectivity index (χ4n) is 4.25. The van der Waals surface area contributed by atoms with Gasteiger partial charge in [0, 0.05) is 6.42 Å². The number of ether oxygens (including phenoxy) is 1. The minimum absolute atomic E-state index is 0.113. The maximum absolute atomic E-state index is 13.3. The predicted molar refractivity (Wildman–Crippen MR) is 122 cm³/mol. The van der Waals surface area contributed by atoms with Gasteiger partial charge in [-0.05, 0) is 50.0 Å². The van der Waals surface area contributed by atoms with Gasteiger partial charge in [0.15, 0.2) is 0 Å². The highest BCUT2D eigenvalue weighted by Gasteiger charge is 2.36. The summed E-state index contributed by atoms with van der Waals surface area (Å²) in [5.41, 5.74) is 2.56. The Kier molecular flexibility index (Phi) is 10.4. The first-order valence-corrected chi connectivity index (χ1v) is 11.4. The average Bonchev–Trinajstić information content (AvgIpc) is 3.28. The summed E-state index contributed by atoms with van der Waals surface area (Å²) in [6.45, 7) is 7.59. The molecule has 3 N–H and O–H groups in total. The van der Waals surface area contributed by atoms with Crippen LogP contribution in [0.5, 0.6) is 0 Å². The molecule has 2 rings (SSSR count). The molecule has 1 aliphatic carbocycles. The summed E-state index contributed by atoms with van der Waals surface area (Å²) in [4.78, 5) is 38.6. The maximum atomic E-state index is 13.3. The molecule has 1 aromatic rings. The zero-order valence-corrected chi connectivity index (χ0v) is 19.1. The van der Waals surface area contributed by atoms with Crippen LogP contribution < -0.4 is 10.8 Å². The van der Waals surface area contributed by atoms with Crippen LogP contribution in [-0.4, -0.2) is 35.1 Å². The molecule has 0 saturated heterocycles. The summed E-state index contributed by atoms with van der Waals surface area (Å²) in [7, 11) is 0. The van der Waals surface area contributed by atoms with Crippen LogP contribution in [0.3, 0.4) is 0 Å². The second-order valence-electron chi connectivity index (χ2n) is 8.94. The molecule has 32 heavy (non-hydrogen) atoms. The van der Waals surface area contributed by atoms with Crippen molar-refractivity contribution in [2.75, 3.05) is 0 Å². The highest BCUT2D eigenvalue weighted by atomic mass is 16.5. The van der Waals surface area contributed by atoms with Gasteiger partial charge in [-0.3, -0.25) is 14.8 Å². The van der Waals surface area contributed by atoms with E-state index < -0.39 is 35.7 Å². The van der Waals surface area contributed by atoms with Crippen LogP contribution in [0.15, 0.2) is 43.0 Å². The van der Waals surface area contributed by atoms with Crippen molar-refractivity contribution < 1.29 is 24.3 Å². The molecule has 1 aromatic carbocycles. The van der Waals surface area contributed by atoms with Crippen molar-refractivity contribution in [1.29, 1.82) is 0 Å². The average molecular weight is 445 g/mol. The number of rotatable bonds is 12. The second kappa shape index (κ2) is 13.0. The molecule has 0 aromatic heterocycles. The van der Waals surface area contributed by atoms with Crippen molar-refractivity contribution in [3.63, 3.8) is 0 Å². The highest BCUT2D eigenvalue weighted by molar-refractivity contribution is 5.90. The smallest absolute Gasteiger partial charge is 0.329 e. The molecule has 7 heteroatoms. The van der Waals surface area contributed by atoms with Crippen LogP contribution in [0.25, 0.3) is 0 Å². The Morgan fingerprint density at radius 1 is 1.12 bits per heavy atom. The quantitative estimate of drug-likeness (QED) is 0.198. The molecule has 0 spiro atoms. The van der Waals surface area contributed by atoms with E-state index in [-0.39, 0.29) is 18.4 Å². The molecule has 0 heterocycles. The van der Waals surface area contributed by atoms with E-state index in [9.17, 15) is 19.6 Å². The Balaban J connectivity index is 2.23. The highest BCUT2D eigenvalue weighted by Crippen LogP contribution is 2.26. The van der Waals surface area contributed by atoms with Crippen LogP contribution >= 0.6 is 0 Å². The van der Waals surface area contributed by atoms with Crippen molar-refractivity contribution in [2.45, 2.75) is 70.9 Å². The van der Waals surface area contributed by atoms with Gasteiger partial charge in [-0.2, -0.15) is 0 Å². The van der Waals surface area contributed by atoms with Gasteiger partial charge in [0.2, 0.25) is 11.8 Å². The third kappa shape index (κ3) is 7.79. The summed E-state index contributed by atoms with van der Waals surface area (Å²) < 4.78 is 5.69. The number of benzene rings is 1. The van der Waals surface area contributed by atoms with E-state index in [1.807, 2.05) is 44.2 Å². The Labute approximate surface area is 190 Å². The lowest BCUT2D eigenvalue weighted by molar-refractivity contribution is -0.153. The molecule has 2 amide bonds. The fourth-order valence-corrected chi connectivity index (χ4v) is 4.25. The Morgan fingerprint density at radius 2 is 1.78 bits per heavy atom. The van der Waals surface area contributed by atoms with Gasteiger partial charge in [-0.1, -0.05) is 50.3 Å². The van der Waals surface area contributed by atoms with E-state index >= 15 is 0 Å². The van der Waals surface area contributed by atoms with Gasteiger partial charge in [-0.15, -0.1) is 6.58 Å². The number of carbonyl (C=O) groups excluding carboxylic acids is 3. The first kappa shape index (κ1) is 25.6. The van der Waals surface area contributed by atoms with Crippen molar-refractivity contribution in [2.24, 2.45) is 17.8 Å². The number of esters is 1. The van der Waals surface area contributed by atoms with Crippen molar-refractivity contribution in [3.05, 3.63) is 48.6 Å². The normalized spacial score (nSPS) is 16.8. The maximum Gasteiger partial charge on any atom is 0.329 e. The molecule has 3 atom stereocenters. The number of hydroxylamine groups is 1. The summed E-state index contributed by atoms with van der Waals surface area (Å²) in [6, 6.07) is 8.58. The van der Waals surface area contributed by atoms with Crippen LogP contribution in [0.2, 0.25) is 0 Å². The van der Waals surface area contributed by atoms with Gasteiger partial charge >= 0.3 is 5.97 Å². The molecule has 0 aliphatic heterocycles. The molecule has 1 aliphatic rings. The summed E-state index contributed by atoms with van der Waals surface area (Å²) in [5, 5.41) is 12.0. The zero-order valence-electron chi connectivity index (χ0n) is 19.1. The molecule has 1 fully saturated rings. The van der Waals surface area contributed by atoms with E-state index in [4.69, 9.17) is 4.74 Å². The first-order valence-electron chi connectivity index (χ1n) is 11.4. The van der Waals surface area contributed by atoms with Crippen LogP contribution in [0, 0.1) is 17.8 Å². The lowest BCUT2D eigenvalue weighted by atomic mass is 9.82. The second-order valence-corrected chi connectivity index (χ2v) is 8.94. The Morgan fingerprint density at radius 3 is 2.34 bits per heavy atom. The minimum atomic E-state index is -0.860. The Hall–Kier alpha value is -2.67. The van der Waals surface area contributed by atoms with Gasteiger partial charge in [-0.25, -0.2) is 10.3 Å². The zero-order chi connectivity index (χ0) is 23.5. The largest absolute Gasteiger partial charge is 0.461 e. The molecule has 1 saturated carbocycles. The number of hydrogen-bond donors (Lipinski definition) is 3. The van der Waals surface area contributed by atoms with Crippen molar-refractivity contribution in [1.82, 2.24) is 10.8 Å². The molecular weight excluding hydrogens is 408 g/mol. The van der Waals surface area contributed by atoms with E-state index in [0.29, 0.717) is 12.8 Å². The molecular formula is C25H36N2O5. The number of allylic oxidation sites excluding steroid dienone is 1. The number of nitrogens with one attached hydrogen (secondary N) is 2. The molecule has 0 bridgehead atoms.